The number of benzene rings is 1. The van der Waals surface area contributed by atoms with Gasteiger partial charge in [0.05, 0.1) is 6.54 Å². The van der Waals surface area contributed by atoms with E-state index in [1.54, 1.807) is 0 Å². The summed E-state index contributed by atoms with van der Waals surface area (Å²) in [5.41, 5.74) is 1.02. The smallest absolute Gasteiger partial charge is 0.222 e. The van der Waals surface area contributed by atoms with Gasteiger partial charge in [0, 0.05) is 50.1 Å². The first-order valence-electron chi connectivity index (χ1n) is 9.89. The van der Waals surface area contributed by atoms with Gasteiger partial charge in [0.25, 0.3) is 0 Å². The summed E-state index contributed by atoms with van der Waals surface area (Å²) in [6.07, 6.45) is 4.39. The Morgan fingerprint density at radius 2 is 2.07 bits per heavy atom. The molecule has 0 bridgehead atoms. The van der Waals surface area contributed by atoms with Crippen molar-refractivity contribution in [2.24, 2.45) is 0 Å². The molecular weight excluding hydrogens is 338 g/mol. The van der Waals surface area contributed by atoms with Crippen LogP contribution in [0.25, 0.3) is 11.0 Å². The number of carbonyl (C=O) groups excluding carboxylic acids is 1. The Kier molecular flexibility index (Phi) is 5.06. The molecule has 27 heavy (non-hydrogen) atoms. The van der Waals surface area contributed by atoms with Crippen LogP contribution in [0.1, 0.15) is 25.0 Å². The van der Waals surface area contributed by atoms with Gasteiger partial charge >= 0.3 is 0 Å². The Hall–Kier alpha value is -2.11. The third-order valence-electron chi connectivity index (χ3n) is 6.29. The van der Waals surface area contributed by atoms with Crippen molar-refractivity contribution < 1.29 is 9.21 Å². The van der Waals surface area contributed by atoms with Crippen LogP contribution in [0.3, 0.4) is 0 Å². The van der Waals surface area contributed by atoms with Crippen LogP contribution in [0.4, 0.5) is 0 Å². The van der Waals surface area contributed by atoms with E-state index in [-0.39, 0.29) is 11.4 Å². The maximum Gasteiger partial charge on any atom is 0.222 e. The molecule has 1 spiro atoms. The molecule has 2 aliphatic heterocycles. The van der Waals surface area contributed by atoms with Gasteiger partial charge in [-0.1, -0.05) is 24.3 Å². The van der Waals surface area contributed by atoms with E-state index in [9.17, 15) is 4.79 Å². The average molecular weight is 367 g/mol. The lowest BCUT2D eigenvalue weighted by Crippen LogP contribution is -2.60. The topological polar surface area (TPSA) is 39.9 Å². The van der Waals surface area contributed by atoms with E-state index in [1.165, 1.54) is 0 Å². The van der Waals surface area contributed by atoms with Crippen molar-refractivity contribution in [1.82, 2.24) is 14.7 Å². The van der Waals surface area contributed by atoms with E-state index in [2.05, 4.69) is 35.6 Å². The second-order valence-electron chi connectivity index (χ2n) is 7.99. The Labute approximate surface area is 161 Å². The van der Waals surface area contributed by atoms with E-state index in [0.717, 1.165) is 62.3 Å². The Morgan fingerprint density at radius 1 is 1.22 bits per heavy atom. The Balaban J connectivity index is 1.48. The highest BCUT2D eigenvalue weighted by molar-refractivity contribution is 5.77. The van der Waals surface area contributed by atoms with Crippen LogP contribution in [0.15, 0.2) is 47.4 Å². The number of fused-ring (bicyclic) bond motifs is 1. The number of amides is 1. The quantitative estimate of drug-likeness (QED) is 0.779. The molecule has 5 nitrogen and oxygen atoms in total. The zero-order valence-corrected chi connectivity index (χ0v) is 16.2. The number of nitrogens with zero attached hydrogens (tertiary/aromatic N) is 3. The van der Waals surface area contributed by atoms with E-state index in [4.69, 9.17) is 4.42 Å². The molecule has 4 rings (SSSR count). The number of para-hydroxylation sites is 1. The SMILES string of the molecule is C=CCN1CC[C@]2(CCC1=O)CN(Cc1cc3ccccc3o1)CCN2C. The van der Waals surface area contributed by atoms with Gasteiger partial charge in [-0.15, -0.1) is 6.58 Å². The lowest BCUT2D eigenvalue weighted by molar-refractivity contribution is -0.130. The molecule has 1 aromatic carbocycles. The van der Waals surface area contributed by atoms with Gasteiger partial charge in [-0.2, -0.15) is 0 Å². The zero-order chi connectivity index (χ0) is 18.9. The second kappa shape index (κ2) is 7.49. The molecule has 1 amide bonds. The summed E-state index contributed by atoms with van der Waals surface area (Å²) in [7, 11) is 2.21. The maximum atomic E-state index is 12.4. The van der Waals surface area contributed by atoms with Crippen LogP contribution >= 0.6 is 0 Å². The van der Waals surface area contributed by atoms with Gasteiger partial charge in [-0.3, -0.25) is 14.6 Å². The molecule has 0 N–H and O–H groups in total. The van der Waals surface area contributed by atoms with E-state index < -0.39 is 0 Å². The van der Waals surface area contributed by atoms with Gasteiger partial charge in [-0.05, 0) is 32.0 Å². The van der Waals surface area contributed by atoms with Gasteiger partial charge in [0.2, 0.25) is 5.91 Å². The maximum absolute atomic E-state index is 12.4. The largest absolute Gasteiger partial charge is 0.460 e. The number of carbonyl (C=O) groups is 1. The molecule has 2 fully saturated rings. The highest BCUT2D eigenvalue weighted by Gasteiger charge is 2.42. The fourth-order valence-corrected chi connectivity index (χ4v) is 4.59. The first-order chi connectivity index (χ1) is 13.1. The van der Waals surface area contributed by atoms with E-state index in [1.807, 2.05) is 29.2 Å². The normalized spacial score (nSPS) is 25.2. The molecule has 2 saturated heterocycles. The summed E-state index contributed by atoms with van der Waals surface area (Å²) in [5.74, 6) is 1.28. The number of rotatable bonds is 4. The van der Waals surface area contributed by atoms with Crippen LogP contribution in [0.5, 0.6) is 0 Å². The minimum absolute atomic E-state index is 0.0653. The van der Waals surface area contributed by atoms with Crippen LogP contribution in [0, 0.1) is 0 Å². The fourth-order valence-electron chi connectivity index (χ4n) is 4.59. The van der Waals surface area contributed by atoms with Crippen molar-refractivity contribution in [1.29, 1.82) is 0 Å². The summed E-state index contributed by atoms with van der Waals surface area (Å²) in [5, 5.41) is 1.16. The van der Waals surface area contributed by atoms with Crippen molar-refractivity contribution in [2.75, 3.05) is 39.8 Å². The number of hydrogen-bond donors (Lipinski definition) is 0. The lowest BCUT2D eigenvalue weighted by atomic mass is 9.86. The summed E-state index contributed by atoms with van der Waals surface area (Å²) in [4.78, 5) is 19.4. The molecule has 5 heteroatoms. The van der Waals surface area contributed by atoms with Crippen molar-refractivity contribution in [3.05, 3.63) is 48.7 Å². The third-order valence-corrected chi connectivity index (χ3v) is 6.29. The monoisotopic (exact) mass is 367 g/mol. The number of hydrogen-bond acceptors (Lipinski definition) is 4. The first kappa shape index (κ1) is 18.3. The lowest BCUT2D eigenvalue weighted by Gasteiger charge is -2.49. The van der Waals surface area contributed by atoms with Gasteiger partial charge in [0.1, 0.15) is 11.3 Å². The summed E-state index contributed by atoms with van der Waals surface area (Å²) < 4.78 is 6.04. The number of piperazine rings is 1. The predicted molar refractivity (Wildman–Crippen MR) is 107 cm³/mol. The summed E-state index contributed by atoms with van der Waals surface area (Å²) >= 11 is 0. The van der Waals surface area contributed by atoms with E-state index >= 15 is 0 Å². The molecule has 1 atom stereocenters. The van der Waals surface area contributed by atoms with Crippen molar-refractivity contribution in [3.63, 3.8) is 0 Å². The number of likely N-dealkylation sites (N-methyl/N-ethyl adjacent to an activating group) is 1. The molecule has 0 saturated carbocycles. The van der Waals surface area contributed by atoms with Crippen molar-refractivity contribution >= 4 is 16.9 Å². The molecule has 0 radical (unpaired) electrons. The molecule has 3 heterocycles. The minimum atomic E-state index is 0.0653. The molecule has 2 aliphatic rings. The first-order valence-corrected chi connectivity index (χ1v) is 9.89. The van der Waals surface area contributed by atoms with Crippen LogP contribution < -0.4 is 0 Å². The minimum Gasteiger partial charge on any atom is -0.460 e. The third kappa shape index (κ3) is 3.66. The van der Waals surface area contributed by atoms with Gasteiger partial charge in [-0.25, -0.2) is 0 Å². The number of furan rings is 1. The molecule has 0 aliphatic carbocycles. The highest BCUT2D eigenvalue weighted by atomic mass is 16.3. The molecule has 2 aromatic rings. The summed E-state index contributed by atoms with van der Waals surface area (Å²) in [6, 6.07) is 10.3. The van der Waals surface area contributed by atoms with Crippen LogP contribution in [-0.4, -0.2) is 65.9 Å². The molecular formula is C22H29N3O2. The fraction of sp³-hybridized carbons (Fsp3) is 0.500. The molecule has 1 aromatic heterocycles. The van der Waals surface area contributed by atoms with Crippen molar-refractivity contribution in [2.45, 2.75) is 31.3 Å². The van der Waals surface area contributed by atoms with Crippen molar-refractivity contribution in [3.8, 4) is 0 Å². The zero-order valence-electron chi connectivity index (χ0n) is 16.2. The molecule has 144 valence electrons. The standard InChI is InChI=1S/C22H29N3O2/c1-3-11-25-12-10-22(9-8-21(25)26)17-24(14-13-23(22)2)16-19-15-18-6-4-5-7-20(18)27-19/h3-7,15H,1,8-14,16-17H2,2H3/t22-/m1/s1. The second-order valence-corrected chi connectivity index (χ2v) is 7.99. The predicted octanol–water partition coefficient (Wildman–Crippen LogP) is 3.12. The van der Waals surface area contributed by atoms with Gasteiger partial charge in [0.15, 0.2) is 0 Å². The van der Waals surface area contributed by atoms with Crippen LogP contribution in [-0.2, 0) is 11.3 Å². The molecule has 0 unspecified atom stereocenters. The number of likely N-dealkylation sites (tertiary alicyclic amines) is 1. The highest BCUT2D eigenvalue weighted by Crippen LogP contribution is 2.33. The Morgan fingerprint density at radius 3 is 2.89 bits per heavy atom. The Bertz CT molecular complexity index is 797. The van der Waals surface area contributed by atoms with Crippen LogP contribution in [0.2, 0.25) is 0 Å². The van der Waals surface area contributed by atoms with E-state index in [0.29, 0.717) is 13.0 Å². The average Bonchev–Trinajstić information content (AvgIpc) is 3.01. The summed E-state index contributed by atoms with van der Waals surface area (Å²) in [6.45, 7) is 9.12. The van der Waals surface area contributed by atoms with Gasteiger partial charge < -0.3 is 9.32 Å².